The lowest BCUT2D eigenvalue weighted by Gasteiger charge is -2.07. The molecule has 2 aromatic heterocycles. The predicted molar refractivity (Wildman–Crippen MR) is 89.2 cm³/mol. The Balaban J connectivity index is 1.92. The van der Waals surface area contributed by atoms with E-state index in [0.717, 1.165) is 0 Å². The topological polar surface area (TPSA) is 92.6 Å². The molecule has 2 amide bonds. The zero-order valence-electron chi connectivity index (χ0n) is 12.8. The van der Waals surface area contributed by atoms with Crippen LogP contribution in [0.3, 0.4) is 0 Å². The average molecular weight is 322 g/mol. The van der Waals surface area contributed by atoms with Crippen molar-refractivity contribution in [1.29, 1.82) is 0 Å². The zero-order valence-corrected chi connectivity index (χ0v) is 12.8. The third-order valence-corrected chi connectivity index (χ3v) is 3.47. The molecule has 0 saturated carbocycles. The largest absolute Gasteiger partial charge is 0.355 e. The molecule has 7 heteroatoms. The van der Waals surface area contributed by atoms with E-state index < -0.39 is 11.5 Å². The van der Waals surface area contributed by atoms with Crippen LogP contribution in [0.2, 0.25) is 0 Å². The molecule has 2 heterocycles. The van der Waals surface area contributed by atoms with Crippen LogP contribution in [0.1, 0.15) is 20.7 Å². The lowest BCUT2D eigenvalue weighted by Crippen LogP contribution is -2.26. The van der Waals surface area contributed by atoms with Gasteiger partial charge < -0.3 is 10.6 Å². The van der Waals surface area contributed by atoms with Gasteiger partial charge in [0.05, 0.1) is 0 Å². The minimum absolute atomic E-state index is 0.0796. The highest BCUT2D eigenvalue weighted by Gasteiger charge is 2.14. The molecule has 0 aliphatic heterocycles. The summed E-state index contributed by atoms with van der Waals surface area (Å²) < 4.78 is 1.30. The smallest absolute Gasteiger partial charge is 0.270 e. The number of nitrogens with one attached hydrogen (secondary N) is 2. The summed E-state index contributed by atoms with van der Waals surface area (Å²) in [6.07, 6.45) is 2.79. The molecule has 7 nitrogen and oxygen atoms in total. The maximum absolute atomic E-state index is 12.4. The number of amides is 2. The molecule has 3 aromatic rings. The Bertz CT molecular complexity index is 994. The number of hydrogen-bond acceptors (Lipinski definition) is 4. The predicted octanol–water partition coefficient (Wildman–Crippen LogP) is 1.31. The van der Waals surface area contributed by atoms with Crippen LogP contribution < -0.4 is 16.2 Å². The Hall–Kier alpha value is -3.48. The van der Waals surface area contributed by atoms with E-state index in [-0.39, 0.29) is 11.5 Å². The molecule has 3 rings (SSSR count). The molecule has 0 atom stereocenters. The molecule has 120 valence electrons. The highest BCUT2D eigenvalue weighted by atomic mass is 16.2. The van der Waals surface area contributed by atoms with Gasteiger partial charge >= 0.3 is 0 Å². The van der Waals surface area contributed by atoms with Crippen molar-refractivity contribution in [3.05, 3.63) is 76.3 Å². The van der Waals surface area contributed by atoms with Crippen molar-refractivity contribution in [2.75, 3.05) is 12.4 Å². The molecule has 0 radical (unpaired) electrons. The molecular formula is C17H14N4O3. The van der Waals surface area contributed by atoms with Crippen molar-refractivity contribution in [2.24, 2.45) is 0 Å². The Morgan fingerprint density at radius 2 is 1.92 bits per heavy atom. The molecule has 0 bridgehead atoms. The fraction of sp³-hybridized carbons (Fsp3) is 0.0588. The van der Waals surface area contributed by atoms with Gasteiger partial charge in [-0.1, -0.05) is 12.1 Å². The van der Waals surface area contributed by atoms with E-state index in [1.54, 1.807) is 42.6 Å². The number of rotatable bonds is 3. The molecule has 0 aliphatic carbocycles. The van der Waals surface area contributed by atoms with Gasteiger partial charge in [-0.05, 0) is 30.3 Å². The molecule has 0 aliphatic rings. The van der Waals surface area contributed by atoms with Crippen LogP contribution in [0.5, 0.6) is 0 Å². The van der Waals surface area contributed by atoms with Gasteiger partial charge in [0.25, 0.3) is 17.4 Å². The van der Waals surface area contributed by atoms with Crippen molar-refractivity contribution in [3.8, 4) is 0 Å². The number of pyridine rings is 1. The van der Waals surface area contributed by atoms with E-state index >= 15 is 0 Å². The fourth-order valence-electron chi connectivity index (χ4n) is 2.26. The van der Waals surface area contributed by atoms with Crippen LogP contribution in [-0.4, -0.2) is 28.2 Å². The number of hydrogen-bond donors (Lipinski definition) is 2. The Morgan fingerprint density at radius 1 is 1.08 bits per heavy atom. The lowest BCUT2D eigenvalue weighted by molar-refractivity contribution is 0.0961. The average Bonchev–Trinajstić information content (AvgIpc) is 2.61. The Labute approximate surface area is 137 Å². The second kappa shape index (κ2) is 6.33. The summed E-state index contributed by atoms with van der Waals surface area (Å²) in [4.78, 5) is 40.5. The maximum Gasteiger partial charge on any atom is 0.270 e. The zero-order chi connectivity index (χ0) is 17.1. The Kier molecular flexibility index (Phi) is 4.07. The van der Waals surface area contributed by atoms with E-state index in [1.165, 1.54) is 23.7 Å². The first-order valence-corrected chi connectivity index (χ1v) is 7.20. The molecular weight excluding hydrogens is 308 g/mol. The van der Waals surface area contributed by atoms with E-state index in [9.17, 15) is 14.4 Å². The molecule has 0 saturated heterocycles. The molecule has 1 aromatic carbocycles. The van der Waals surface area contributed by atoms with Gasteiger partial charge in [-0.3, -0.25) is 18.8 Å². The van der Waals surface area contributed by atoms with Crippen molar-refractivity contribution < 1.29 is 9.59 Å². The number of nitrogens with zero attached hydrogens (tertiary/aromatic N) is 2. The number of carbonyl (C=O) groups is 2. The summed E-state index contributed by atoms with van der Waals surface area (Å²) in [6.45, 7) is 0. The van der Waals surface area contributed by atoms with Crippen LogP contribution in [-0.2, 0) is 0 Å². The first kappa shape index (κ1) is 15.4. The third kappa shape index (κ3) is 2.87. The van der Waals surface area contributed by atoms with E-state index in [1.807, 2.05) is 0 Å². The molecule has 0 fully saturated rings. The van der Waals surface area contributed by atoms with E-state index in [2.05, 4.69) is 15.6 Å². The Morgan fingerprint density at radius 3 is 2.71 bits per heavy atom. The number of benzene rings is 1. The molecule has 0 unspecified atom stereocenters. The normalized spacial score (nSPS) is 10.4. The van der Waals surface area contributed by atoms with Crippen LogP contribution >= 0.6 is 0 Å². The summed E-state index contributed by atoms with van der Waals surface area (Å²) in [6, 6.07) is 11.6. The van der Waals surface area contributed by atoms with Crippen molar-refractivity contribution in [2.45, 2.75) is 0 Å². The second-order valence-corrected chi connectivity index (χ2v) is 5.02. The summed E-state index contributed by atoms with van der Waals surface area (Å²) in [5, 5.41) is 5.12. The van der Waals surface area contributed by atoms with Gasteiger partial charge in [-0.2, -0.15) is 0 Å². The van der Waals surface area contributed by atoms with Crippen molar-refractivity contribution >= 4 is 23.1 Å². The second-order valence-electron chi connectivity index (χ2n) is 5.02. The van der Waals surface area contributed by atoms with Gasteiger partial charge in [0.1, 0.15) is 11.2 Å². The SMILES string of the molecule is CNC(=O)c1cccc(NC(=O)c2cnc3ccccn3c2=O)c1. The highest BCUT2D eigenvalue weighted by Crippen LogP contribution is 2.11. The summed E-state index contributed by atoms with van der Waals surface area (Å²) in [7, 11) is 1.52. The summed E-state index contributed by atoms with van der Waals surface area (Å²) >= 11 is 0. The number of carbonyl (C=O) groups excluding carboxylic acids is 2. The molecule has 24 heavy (non-hydrogen) atoms. The molecule has 2 N–H and O–H groups in total. The lowest BCUT2D eigenvalue weighted by atomic mass is 10.2. The monoisotopic (exact) mass is 322 g/mol. The molecule has 0 spiro atoms. The minimum Gasteiger partial charge on any atom is -0.355 e. The third-order valence-electron chi connectivity index (χ3n) is 3.47. The maximum atomic E-state index is 12.4. The van der Waals surface area contributed by atoms with Gasteiger partial charge in [0.15, 0.2) is 0 Å². The van der Waals surface area contributed by atoms with Gasteiger partial charge in [-0.15, -0.1) is 0 Å². The summed E-state index contributed by atoms with van der Waals surface area (Å²) in [5.74, 6) is -0.849. The standard InChI is InChI=1S/C17H14N4O3/c1-18-15(22)11-5-4-6-12(9-11)20-16(23)13-10-19-14-7-2-3-8-21(14)17(13)24/h2-10H,1H3,(H,18,22)(H,20,23). The van der Waals surface area contributed by atoms with Crippen molar-refractivity contribution in [1.82, 2.24) is 14.7 Å². The van der Waals surface area contributed by atoms with Gasteiger partial charge in [0, 0.05) is 30.7 Å². The number of anilines is 1. The minimum atomic E-state index is -0.584. The summed E-state index contributed by atoms with van der Waals surface area (Å²) in [5.41, 5.74) is 0.743. The van der Waals surface area contributed by atoms with Crippen LogP contribution in [0.25, 0.3) is 5.65 Å². The van der Waals surface area contributed by atoms with Gasteiger partial charge in [0.2, 0.25) is 0 Å². The number of aromatic nitrogens is 2. The van der Waals surface area contributed by atoms with E-state index in [0.29, 0.717) is 16.9 Å². The van der Waals surface area contributed by atoms with Crippen LogP contribution in [0.4, 0.5) is 5.69 Å². The highest BCUT2D eigenvalue weighted by molar-refractivity contribution is 6.04. The number of fused-ring (bicyclic) bond motifs is 1. The fourth-order valence-corrected chi connectivity index (χ4v) is 2.26. The van der Waals surface area contributed by atoms with Crippen LogP contribution in [0.15, 0.2) is 59.7 Å². The quantitative estimate of drug-likeness (QED) is 0.760. The van der Waals surface area contributed by atoms with Crippen LogP contribution in [0, 0.1) is 0 Å². The van der Waals surface area contributed by atoms with Gasteiger partial charge in [-0.25, -0.2) is 4.98 Å². The first-order valence-electron chi connectivity index (χ1n) is 7.20. The van der Waals surface area contributed by atoms with Crippen molar-refractivity contribution in [3.63, 3.8) is 0 Å². The van der Waals surface area contributed by atoms with E-state index in [4.69, 9.17) is 0 Å². The first-order chi connectivity index (χ1) is 11.6.